The zero-order valence-electron chi connectivity index (χ0n) is 22.4. The number of aromatic nitrogens is 2. The highest BCUT2D eigenvalue weighted by molar-refractivity contribution is 5.69. The standard InChI is InChI=1S/C27H41N5O4/c1-6-8-18-34-24-11-10-22(25(30-24)35-19-9-7-2)29-21-12-13-28-23(20-21)31-14-16-32(17-15-31)26(33)36-27(3,4)5/h10-13,20H,6-9,14-19H2,1-5H3,(H,28,29). The van der Waals surface area contributed by atoms with Crippen molar-refractivity contribution < 1.29 is 19.0 Å². The van der Waals surface area contributed by atoms with Crippen LogP contribution in [-0.4, -0.2) is 66.0 Å². The molecule has 1 fully saturated rings. The van der Waals surface area contributed by atoms with Gasteiger partial charge >= 0.3 is 6.09 Å². The molecule has 0 spiro atoms. The lowest BCUT2D eigenvalue weighted by molar-refractivity contribution is 0.0240. The zero-order chi connectivity index (χ0) is 26.0. The maximum atomic E-state index is 12.4. The second-order valence-corrected chi connectivity index (χ2v) is 9.89. The fraction of sp³-hybridized carbons (Fsp3) is 0.593. The summed E-state index contributed by atoms with van der Waals surface area (Å²) in [5.41, 5.74) is 1.17. The number of ether oxygens (including phenoxy) is 3. The molecule has 1 aliphatic heterocycles. The number of carbonyl (C=O) groups excluding carboxylic acids is 1. The van der Waals surface area contributed by atoms with E-state index < -0.39 is 5.60 Å². The predicted molar refractivity (Wildman–Crippen MR) is 143 cm³/mol. The first kappa shape index (κ1) is 27.4. The van der Waals surface area contributed by atoms with Crippen LogP contribution in [0.3, 0.4) is 0 Å². The number of nitrogens with zero attached hydrogens (tertiary/aromatic N) is 4. The van der Waals surface area contributed by atoms with Gasteiger partial charge in [0, 0.05) is 50.2 Å². The number of nitrogens with one attached hydrogen (secondary N) is 1. The van der Waals surface area contributed by atoms with Crippen LogP contribution in [0.1, 0.15) is 60.3 Å². The number of amides is 1. The normalized spacial score (nSPS) is 13.9. The average Bonchev–Trinajstić information content (AvgIpc) is 2.85. The lowest BCUT2D eigenvalue weighted by Gasteiger charge is -2.36. The van der Waals surface area contributed by atoms with Gasteiger partial charge in [-0.05, 0) is 45.7 Å². The van der Waals surface area contributed by atoms with E-state index >= 15 is 0 Å². The molecule has 1 saturated heterocycles. The largest absolute Gasteiger partial charge is 0.478 e. The van der Waals surface area contributed by atoms with Gasteiger partial charge in [0.05, 0.1) is 13.2 Å². The number of rotatable bonds is 11. The molecule has 9 nitrogen and oxygen atoms in total. The SMILES string of the molecule is CCCCOc1ccc(Nc2ccnc(N3CCN(C(=O)OC(C)(C)C)CC3)c2)c(OCCCC)n1. The minimum absolute atomic E-state index is 0.268. The first-order valence-electron chi connectivity index (χ1n) is 13.0. The lowest BCUT2D eigenvalue weighted by atomic mass is 10.2. The highest BCUT2D eigenvalue weighted by Gasteiger charge is 2.26. The molecule has 0 atom stereocenters. The van der Waals surface area contributed by atoms with E-state index in [2.05, 4.69) is 34.0 Å². The molecule has 0 aliphatic carbocycles. The average molecular weight is 500 g/mol. The van der Waals surface area contributed by atoms with Crippen molar-refractivity contribution >= 4 is 23.3 Å². The minimum atomic E-state index is -0.496. The number of carbonyl (C=O) groups is 1. The predicted octanol–water partition coefficient (Wildman–Crippen LogP) is 5.64. The van der Waals surface area contributed by atoms with E-state index in [1.165, 1.54) is 0 Å². The van der Waals surface area contributed by atoms with Crippen LogP contribution in [0.4, 0.5) is 22.0 Å². The molecule has 3 heterocycles. The van der Waals surface area contributed by atoms with Gasteiger partial charge in [0.25, 0.3) is 0 Å². The number of piperazine rings is 1. The van der Waals surface area contributed by atoms with E-state index in [1.807, 2.05) is 45.0 Å². The van der Waals surface area contributed by atoms with E-state index in [4.69, 9.17) is 14.2 Å². The third-order valence-corrected chi connectivity index (χ3v) is 5.60. The van der Waals surface area contributed by atoms with Crippen LogP contribution in [0.5, 0.6) is 11.8 Å². The number of pyridine rings is 2. The van der Waals surface area contributed by atoms with Crippen molar-refractivity contribution in [2.75, 3.05) is 49.6 Å². The molecule has 1 amide bonds. The molecule has 36 heavy (non-hydrogen) atoms. The van der Waals surface area contributed by atoms with Crippen molar-refractivity contribution in [2.24, 2.45) is 0 Å². The smallest absolute Gasteiger partial charge is 0.410 e. The van der Waals surface area contributed by atoms with Gasteiger partial charge in [-0.1, -0.05) is 26.7 Å². The molecule has 0 unspecified atom stereocenters. The Bertz CT molecular complexity index is 971. The fourth-order valence-corrected chi connectivity index (χ4v) is 3.61. The van der Waals surface area contributed by atoms with E-state index in [-0.39, 0.29) is 6.09 Å². The maximum Gasteiger partial charge on any atom is 0.410 e. The summed E-state index contributed by atoms with van der Waals surface area (Å²) >= 11 is 0. The molecule has 0 aromatic carbocycles. The van der Waals surface area contributed by atoms with E-state index in [9.17, 15) is 4.79 Å². The molecule has 1 aliphatic rings. The number of hydrogen-bond acceptors (Lipinski definition) is 8. The van der Waals surface area contributed by atoms with Gasteiger partial charge in [0.1, 0.15) is 17.1 Å². The highest BCUT2D eigenvalue weighted by Crippen LogP contribution is 2.30. The van der Waals surface area contributed by atoms with Crippen molar-refractivity contribution in [2.45, 2.75) is 65.9 Å². The lowest BCUT2D eigenvalue weighted by Crippen LogP contribution is -2.50. The first-order valence-corrected chi connectivity index (χ1v) is 13.0. The quantitative estimate of drug-likeness (QED) is 0.398. The molecular weight excluding hydrogens is 458 g/mol. The van der Waals surface area contributed by atoms with Gasteiger partial charge in [-0.2, -0.15) is 4.98 Å². The van der Waals surface area contributed by atoms with Crippen LogP contribution >= 0.6 is 0 Å². The molecule has 0 bridgehead atoms. The summed E-state index contributed by atoms with van der Waals surface area (Å²) < 4.78 is 17.3. The van der Waals surface area contributed by atoms with E-state index in [1.54, 1.807) is 11.1 Å². The van der Waals surface area contributed by atoms with Gasteiger partial charge in [0.15, 0.2) is 0 Å². The summed E-state index contributed by atoms with van der Waals surface area (Å²) in [6.45, 7) is 13.7. The Morgan fingerprint density at radius 1 is 1.00 bits per heavy atom. The molecule has 2 aromatic rings. The second-order valence-electron chi connectivity index (χ2n) is 9.89. The summed E-state index contributed by atoms with van der Waals surface area (Å²) in [6.07, 6.45) is 5.57. The van der Waals surface area contributed by atoms with Crippen LogP contribution < -0.4 is 19.7 Å². The molecule has 1 N–H and O–H groups in total. The number of anilines is 3. The summed E-state index contributed by atoms with van der Waals surface area (Å²) in [6, 6.07) is 7.73. The Kier molecular flexibility index (Phi) is 10.0. The Morgan fingerprint density at radius 2 is 1.69 bits per heavy atom. The first-order chi connectivity index (χ1) is 17.3. The Balaban J connectivity index is 1.66. The molecule has 0 radical (unpaired) electrons. The van der Waals surface area contributed by atoms with Gasteiger partial charge in [-0.3, -0.25) is 0 Å². The number of unbranched alkanes of at least 4 members (excludes halogenated alkanes) is 2. The summed E-state index contributed by atoms with van der Waals surface area (Å²) in [4.78, 5) is 25.4. The van der Waals surface area contributed by atoms with Gasteiger partial charge in [-0.15, -0.1) is 0 Å². The Labute approximate surface area is 215 Å². The summed E-state index contributed by atoms with van der Waals surface area (Å²) in [5.74, 6) is 1.95. The second kappa shape index (κ2) is 13.2. The van der Waals surface area contributed by atoms with Crippen LogP contribution in [0.25, 0.3) is 0 Å². The van der Waals surface area contributed by atoms with Crippen LogP contribution in [-0.2, 0) is 4.74 Å². The Morgan fingerprint density at radius 3 is 2.36 bits per heavy atom. The monoisotopic (exact) mass is 499 g/mol. The van der Waals surface area contributed by atoms with Gasteiger partial charge in [0.2, 0.25) is 11.8 Å². The summed E-state index contributed by atoms with van der Waals surface area (Å²) in [7, 11) is 0. The van der Waals surface area contributed by atoms with Crippen molar-refractivity contribution in [3.8, 4) is 11.8 Å². The van der Waals surface area contributed by atoms with Gasteiger partial charge < -0.3 is 29.3 Å². The van der Waals surface area contributed by atoms with E-state index in [0.717, 1.165) is 42.9 Å². The Hall–Kier alpha value is -3.23. The molecule has 9 heteroatoms. The highest BCUT2D eigenvalue weighted by atomic mass is 16.6. The van der Waals surface area contributed by atoms with Crippen molar-refractivity contribution in [1.82, 2.24) is 14.9 Å². The number of hydrogen-bond donors (Lipinski definition) is 1. The topological polar surface area (TPSA) is 89.1 Å². The molecule has 3 rings (SSSR count). The van der Waals surface area contributed by atoms with Crippen molar-refractivity contribution in [3.05, 3.63) is 30.5 Å². The zero-order valence-corrected chi connectivity index (χ0v) is 22.4. The van der Waals surface area contributed by atoms with E-state index in [0.29, 0.717) is 51.2 Å². The molecular formula is C27H41N5O4. The fourth-order valence-electron chi connectivity index (χ4n) is 3.61. The maximum absolute atomic E-state index is 12.4. The van der Waals surface area contributed by atoms with Crippen LogP contribution in [0, 0.1) is 0 Å². The van der Waals surface area contributed by atoms with Crippen LogP contribution in [0.2, 0.25) is 0 Å². The van der Waals surface area contributed by atoms with Gasteiger partial charge in [-0.25, -0.2) is 9.78 Å². The third-order valence-electron chi connectivity index (χ3n) is 5.60. The third kappa shape index (κ3) is 8.46. The van der Waals surface area contributed by atoms with Crippen molar-refractivity contribution in [3.63, 3.8) is 0 Å². The minimum Gasteiger partial charge on any atom is -0.478 e. The summed E-state index contributed by atoms with van der Waals surface area (Å²) in [5, 5.41) is 3.43. The molecule has 198 valence electrons. The molecule has 0 saturated carbocycles. The molecule has 2 aromatic heterocycles. The van der Waals surface area contributed by atoms with Crippen molar-refractivity contribution in [1.29, 1.82) is 0 Å². The van der Waals surface area contributed by atoms with Crippen LogP contribution in [0.15, 0.2) is 30.5 Å².